The van der Waals surface area contributed by atoms with Crippen LogP contribution in [0.5, 0.6) is 11.5 Å². The fourth-order valence-electron chi connectivity index (χ4n) is 4.35. The molecule has 0 amide bonds. The number of rotatable bonds is 14. The van der Waals surface area contributed by atoms with Gasteiger partial charge in [0.05, 0.1) is 32.3 Å². The number of carboxylic acid groups (broad SMARTS) is 4. The van der Waals surface area contributed by atoms with Crippen LogP contribution in [0.25, 0.3) is 0 Å². The average Bonchev–Trinajstić information content (AvgIpc) is 2.88. The van der Waals surface area contributed by atoms with Crippen LogP contribution in [0, 0.1) is 0 Å². The van der Waals surface area contributed by atoms with E-state index in [2.05, 4.69) is 5.32 Å². The molecule has 1 fully saturated rings. The summed E-state index contributed by atoms with van der Waals surface area (Å²) in [7, 11) is 0. The molecule has 0 radical (unpaired) electrons. The van der Waals surface area contributed by atoms with Crippen LogP contribution in [0.4, 0.5) is 0 Å². The van der Waals surface area contributed by atoms with Crippen molar-refractivity contribution in [3.63, 3.8) is 0 Å². The quantitative estimate of drug-likeness (QED) is 0.144. The second kappa shape index (κ2) is 17.2. The number of ether oxygens (including phenoxy) is 2. The molecule has 0 spiro atoms. The molecule has 1 aliphatic heterocycles. The van der Waals surface area contributed by atoms with Gasteiger partial charge in [-0.05, 0) is 37.1 Å². The third-order valence-electron chi connectivity index (χ3n) is 6.21. The lowest BCUT2D eigenvalue weighted by atomic mass is 10.1. The number of aliphatic hydroxyl groups excluding tert-OH is 1. The lowest BCUT2D eigenvalue weighted by Crippen LogP contribution is -2.57. The predicted molar refractivity (Wildman–Crippen MR) is 139 cm³/mol. The first-order valence-electron chi connectivity index (χ1n) is 12.9. The first-order valence-corrected chi connectivity index (χ1v) is 12.9. The average molecular weight is 571 g/mol. The van der Waals surface area contributed by atoms with Crippen LogP contribution in [0.2, 0.25) is 0 Å². The normalized spacial score (nSPS) is 20.1. The Kier molecular flexibility index (Phi) is 14.1. The number of hydrogen-bond donors (Lipinski definition) is 6. The van der Waals surface area contributed by atoms with Crippen LogP contribution < -0.4 is 14.8 Å². The van der Waals surface area contributed by atoms with Gasteiger partial charge in [-0.2, -0.15) is 0 Å². The van der Waals surface area contributed by atoms with Gasteiger partial charge >= 0.3 is 23.9 Å². The van der Waals surface area contributed by atoms with Crippen LogP contribution >= 0.6 is 0 Å². The highest BCUT2D eigenvalue weighted by atomic mass is 16.5. The molecule has 2 atom stereocenters. The van der Waals surface area contributed by atoms with Crippen molar-refractivity contribution in [1.82, 2.24) is 20.0 Å². The number of nitrogens with one attached hydrogen (secondary N) is 1. The molecule has 1 aromatic rings. The van der Waals surface area contributed by atoms with Gasteiger partial charge in [-0.1, -0.05) is 0 Å². The van der Waals surface area contributed by atoms with E-state index in [0.29, 0.717) is 37.6 Å². The lowest BCUT2D eigenvalue weighted by Gasteiger charge is -2.40. The van der Waals surface area contributed by atoms with Crippen molar-refractivity contribution in [3.05, 3.63) is 24.3 Å². The van der Waals surface area contributed by atoms with E-state index in [9.17, 15) is 39.6 Å². The Labute approximate surface area is 231 Å². The summed E-state index contributed by atoms with van der Waals surface area (Å²) in [6.45, 7) is 0.350. The Bertz CT molecular complexity index is 963. The second-order valence-electron chi connectivity index (χ2n) is 9.27. The molecule has 0 aromatic heterocycles. The molecular weight excluding hydrogens is 532 g/mol. The molecule has 15 nitrogen and oxygen atoms in total. The highest BCUT2D eigenvalue weighted by Gasteiger charge is 2.33. The van der Waals surface area contributed by atoms with Crippen LogP contribution in [-0.4, -0.2) is 148 Å². The molecule has 0 aliphatic carbocycles. The standard InChI is InChI=1S/C25H38N4O11/c30-21(31)14-27-9-7-26-8-10-29(16-23(34)35)25(38)20(28(12-11-27)15-22(32)33)2-1-13-39-18-3-5-19(6-4-18)40-17-24(36)37/h3-6,20,25-26,38H,1-2,7-17H2,(H,30,31)(H,32,33)(H,34,35)(H,36,37). The molecule has 224 valence electrons. The van der Waals surface area contributed by atoms with Gasteiger partial charge in [0.15, 0.2) is 6.61 Å². The summed E-state index contributed by atoms with van der Waals surface area (Å²) in [6.07, 6.45) is -0.667. The molecule has 2 rings (SSSR count). The van der Waals surface area contributed by atoms with Crippen molar-refractivity contribution >= 4 is 23.9 Å². The predicted octanol–water partition coefficient (Wildman–Crippen LogP) is -1.24. The topological polar surface area (TPSA) is 210 Å². The van der Waals surface area contributed by atoms with E-state index in [1.54, 1.807) is 34.1 Å². The Hall–Kier alpha value is -3.50. The van der Waals surface area contributed by atoms with E-state index in [1.807, 2.05) is 0 Å². The van der Waals surface area contributed by atoms with Crippen molar-refractivity contribution in [2.75, 3.05) is 72.1 Å². The van der Waals surface area contributed by atoms with Gasteiger partial charge < -0.3 is 40.3 Å². The van der Waals surface area contributed by atoms with Gasteiger partial charge in [-0.3, -0.25) is 29.1 Å². The van der Waals surface area contributed by atoms with Gasteiger partial charge in [0.2, 0.25) is 0 Å². The monoisotopic (exact) mass is 570 g/mol. The van der Waals surface area contributed by atoms with Crippen molar-refractivity contribution in [3.8, 4) is 11.5 Å². The molecule has 1 heterocycles. The minimum atomic E-state index is -1.31. The molecule has 40 heavy (non-hydrogen) atoms. The summed E-state index contributed by atoms with van der Waals surface area (Å²) < 4.78 is 10.8. The van der Waals surface area contributed by atoms with Crippen molar-refractivity contribution in [2.45, 2.75) is 25.1 Å². The van der Waals surface area contributed by atoms with Gasteiger partial charge in [0.25, 0.3) is 0 Å². The number of hydrogen-bond acceptors (Lipinski definition) is 11. The molecule has 6 N–H and O–H groups in total. The van der Waals surface area contributed by atoms with E-state index in [-0.39, 0.29) is 39.2 Å². The first-order chi connectivity index (χ1) is 19.0. The number of aliphatic carboxylic acids is 4. The third-order valence-corrected chi connectivity index (χ3v) is 6.21. The maximum atomic E-state index is 11.7. The fraction of sp³-hybridized carbons (Fsp3) is 0.600. The third kappa shape index (κ3) is 12.6. The molecular formula is C25H38N4O11. The summed E-state index contributed by atoms with van der Waals surface area (Å²) in [5.41, 5.74) is 0. The number of carbonyl (C=O) groups is 4. The van der Waals surface area contributed by atoms with E-state index < -0.39 is 55.8 Å². The Balaban J connectivity index is 2.14. The Morgan fingerprint density at radius 3 is 1.93 bits per heavy atom. The Morgan fingerprint density at radius 1 is 0.750 bits per heavy atom. The van der Waals surface area contributed by atoms with Gasteiger partial charge in [0.1, 0.15) is 17.7 Å². The smallest absolute Gasteiger partial charge is 0.341 e. The maximum Gasteiger partial charge on any atom is 0.341 e. The highest BCUT2D eigenvalue weighted by molar-refractivity contribution is 5.70. The molecule has 1 aromatic carbocycles. The van der Waals surface area contributed by atoms with Crippen LogP contribution in [-0.2, 0) is 19.2 Å². The van der Waals surface area contributed by atoms with E-state index >= 15 is 0 Å². The summed E-state index contributed by atoms with van der Waals surface area (Å²) in [6, 6.07) is 5.56. The molecule has 2 unspecified atom stereocenters. The van der Waals surface area contributed by atoms with Gasteiger partial charge in [-0.25, -0.2) is 4.79 Å². The molecule has 15 heteroatoms. The first kappa shape index (κ1) is 32.7. The summed E-state index contributed by atoms with van der Waals surface area (Å²) in [5.74, 6) is -3.53. The van der Waals surface area contributed by atoms with Crippen molar-refractivity contribution in [2.24, 2.45) is 0 Å². The molecule has 0 saturated carbocycles. The molecule has 1 aliphatic rings. The van der Waals surface area contributed by atoms with Crippen LogP contribution in [0.1, 0.15) is 12.8 Å². The molecule has 1 saturated heterocycles. The largest absolute Gasteiger partial charge is 0.494 e. The summed E-state index contributed by atoms with van der Waals surface area (Å²) >= 11 is 0. The van der Waals surface area contributed by atoms with Crippen LogP contribution in [0.15, 0.2) is 24.3 Å². The zero-order valence-corrected chi connectivity index (χ0v) is 22.2. The Morgan fingerprint density at radius 2 is 1.32 bits per heavy atom. The number of nitrogens with zero attached hydrogens (tertiary/aromatic N) is 3. The summed E-state index contributed by atoms with van der Waals surface area (Å²) in [4.78, 5) is 49.8. The molecule has 0 bridgehead atoms. The van der Waals surface area contributed by atoms with E-state index in [4.69, 9.17) is 14.6 Å². The van der Waals surface area contributed by atoms with E-state index in [1.165, 1.54) is 4.90 Å². The summed E-state index contributed by atoms with van der Waals surface area (Å²) in [5, 5.41) is 51.4. The van der Waals surface area contributed by atoms with Crippen LogP contribution in [0.3, 0.4) is 0 Å². The number of aliphatic hydroxyl groups is 1. The fourth-order valence-corrected chi connectivity index (χ4v) is 4.35. The number of benzene rings is 1. The SMILES string of the molecule is O=C(O)COc1ccc(OCCCC2C(O)N(CC(=O)O)CCNCCN(CC(=O)O)CCN2CC(=O)O)cc1. The minimum Gasteiger partial charge on any atom is -0.494 e. The lowest BCUT2D eigenvalue weighted by molar-refractivity contribution is -0.147. The van der Waals surface area contributed by atoms with Crippen molar-refractivity contribution < 1.29 is 54.2 Å². The number of carboxylic acids is 4. The van der Waals surface area contributed by atoms with Gasteiger partial charge in [0, 0.05) is 39.3 Å². The van der Waals surface area contributed by atoms with Crippen molar-refractivity contribution in [1.29, 1.82) is 0 Å². The van der Waals surface area contributed by atoms with Gasteiger partial charge in [-0.15, -0.1) is 0 Å². The maximum absolute atomic E-state index is 11.7. The highest BCUT2D eigenvalue weighted by Crippen LogP contribution is 2.20. The zero-order chi connectivity index (χ0) is 29.5. The second-order valence-corrected chi connectivity index (χ2v) is 9.27. The minimum absolute atomic E-state index is 0.140. The zero-order valence-electron chi connectivity index (χ0n) is 22.2. The van der Waals surface area contributed by atoms with E-state index in [0.717, 1.165) is 0 Å².